The fourth-order valence-corrected chi connectivity index (χ4v) is 4.82. The zero-order valence-electron chi connectivity index (χ0n) is 23.3. The summed E-state index contributed by atoms with van der Waals surface area (Å²) in [5.74, 6) is 1.67. The lowest BCUT2D eigenvalue weighted by atomic mass is 9.96. The minimum absolute atomic E-state index is 0.180. The number of benzene rings is 3. The monoisotopic (exact) mass is 569 g/mol. The number of aryl methyl sites for hydroxylation is 1. The van der Waals surface area contributed by atoms with Crippen LogP contribution in [0.4, 0.5) is 0 Å². The number of ether oxygens (including phenoxy) is 2. The van der Waals surface area contributed by atoms with Gasteiger partial charge in [0.25, 0.3) is 5.56 Å². The molecule has 3 aromatic carbocycles. The van der Waals surface area contributed by atoms with Crippen LogP contribution in [0, 0.1) is 6.92 Å². The summed E-state index contributed by atoms with van der Waals surface area (Å²) in [4.78, 5) is 30.5. The molecule has 5 rings (SSSR count). The lowest BCUT2D eigenvalue weighted by Gasteiger charge is -2.17. The van der Waals surface area contributed by atoms with Crippen LogP contribution in [0.1, 0.15) is 47.0 Å². The summed E-state index contributed by atoms with van der Waals surface area (Å²) >= 11 is 6.39. The first-order valence-corrected chi connectivity index (χ1v) is 13.3. The molecular formula is C32H28ClN3O5. The number of nitrogens with zero attached hydrogens (tertiary/aromatic N) is 3. The number of rotatable bonds is 7. The Balaban J connectivity index is 1.63. The van der Waals surface area contributed by atoms with Gasteiger partial charge in [-0.3, -0.25) is 4.79 Å². The van der Waals surface area contributed by atoms with E-state index in [1.165, 1.54) is 18.0 Å². The molecule has 0 bridgehead atoms. The molecule has 0 aliphatic carbocycles. The first-order valence-electron chi connectivity index (χ1n) is 12.9. The number of aromatic nitrogens is 2. The highest BCUT2D eigenvalue weighted by molar-refractivity contribution is 6.33. The van der Waals surface area contributed by atoms with Gasteiger partial charge in [-0.1, -0.05) is 37.6 Å². The van der Waals surface area contributed by atoms with Crippen LogP contribution in [-0.2, 0) is 4.74 Å². The van der Waals surface area contributed by atoms with Crippen LogP contribution in [0.25, 0.3) is 33.6 Å². The molecule has 2 aromatic heterocycles. The Labute approximate surface area is 241 Å². The van der Waals surface area contributed by atoms with Crippen LogP contribution in [0.2, 0.25) is 5.02 Å². The van der Waals surface area contributed by atoms with Gasteiger partial charge in [-0.15, -0.1) is 0 Å². The lowest BCUT2D eigenvalue weighted by Crippen LogP contribution is -2.20. The smallest absolute Gasteiger partial charge is 0.337 e. The molecule has 0 aliphatic rings. The molecule has 9 heteroatoms. The van der Waals surface area contributed by atoms with Crippen molar-refractivity contribution >= 4 is 34.7 Å². The Bertz CT molecular complexity index is 1870. The van der Waals surface area contributed by atoms with Crippen LogP contribution in [-0.4, -0.2) is 36.1 Å². The van der Waals surface area contributed by atoms with Crippen molar-refractivity contribution in [3.63, 3.8) is 0 Å². The van der Waals surface area contributed by atoms with Gasteiger partial charge in [-0.2, -0.15) is 9.78 Å². The number of halogens is 1. The Morgan fingerprint density at radius 1 is 1.05 bits per heavy atom. The SMILES string of the molecule is COC(=O)c1ccc(Cl)c(-c2ccc(C=Nn3c(-c4cc(C(C)C)c(OC)cc4C)nc4ccccc4c3=O)o2)c1. The van der Waals surface area contributed by atoms with Gasteiger partial charge < -0.3 is 13.9 Å². The number of hydrogen-bond donors (Lipinski definition) is 0. The van der Waals surface area contributed by atoms with Crippen molar-refractivity contribution in [1.82, 2.24) is 9.66 Å². The molecule has 0 atom stereocenters. The largest absolute Gasteiger partial charge is 0.496 e. The maximum absolute atomic E-state index is 13.7. The number of hydrogen-bond acceptors (Lipinski definition) is 7. The highest BCUT2D eigenvalue weighted by Gasteiger charge is 2.19. The summed E-state index contributed by atoms with van der Waals surface area (Å²) in [6, 6.07) is 19.3. The summed E-state index contributed by atoms with van der Waals surface area (Å²) in [5, 5.41) is 5.38. The number of fused-ring (bicyclic) bond motifs is 1. The average Bonchev–Trinajstić information content (AvgIpc) is 3.45. The third-order valence-corrected chi connectivity index (χ3v) is 7.10. The summed E-state index contributed by atoms with van der Waals surface area (Å²) < 4.78 is 17.7. The van der Waals surface area contributed by atoms with Gasteiger partial charge >= 0.3 is 5.97 Å². The first-order chi connectivity index (χ1) is 19.7. The Morgan fingerprint density at radius 3 is 2.56 bits per heavy atom. The second kappa shape index (κ2) is 11.4. The van der Waals surface area contributed by atoms with E-state index >= 15 is 0 Å². The Hall–Kier alpha value is -4.69. The molecule has 208 valence electrons. The van der Waals surface area contributed by atoms with Crippen LogP contribution >= 0.6 is 11.6 Å². The van der Waals surface area contributed by atoms with E-state index in [-0.39, 0.29) is 11.5 Å². The van der Waals surface area contributed by atoms with Crippen LogP contribution < -0.4 is 10.3 Å². The van der Waals surface area contributed by atoms with Crippen LogP contribution in [0.3, 0.4) is 0 Å². The van der Waals surface area contributed by atoms with E-state index in [1.807, 2.05) is 31.2 Å². The maximum atomic E-state index is 13.7. The molecular weight excluding hydrogens is 542 g/mol. The standard InChI is InChI=1S/C32H28ClN3O5/c1-18(2)23-16-24(19(3)14-29(23)39-4)30-35-27-9-7-6-8-22(27)31(37)36(30)34-17-21-11-13-28(41-21)25-15-20(32(38)40-5)10-12-26(25)33/h6-18H,1-5H3. The van der Waals surface area contributed by atoms with Gasteiger partial charge in [0.05, 0.1) is 41.9 Å². The van der Waals surface area contributed by atoms with E-state index in [0.29, 0.717) is 44.4 Å². The molecule has 0 aliphatic heterocycles. The second-order valence-electron chi connectivity index (χ2n) is 9.77. The first kappa shape index (κ1) is 27.9. The lowest BCUT2D eigenvalue weighted by molar-refractivity contribution is 0.0601. The molecule has 41 heavy (non-hydrogen) atoms. The van der Waals surface area contributed by atoms with Crippen molar-refractivity contribution in [2.24, 2.45) is 5.10 Å². The highest BCUT2D eigenvalue weighted by Crippen LogP contribution is 2.34. The number of esters is 1. The fraction of sp³-hybridized carbons (Fsp3) is 0.188. The molecule has 0 N–H and O–H groups in total. The van der Waals surface area contributed by atoms with Crippen molar-refractivity contribution in [1.29, 1.82) is 0 Å². The zero-order valence-corrected chi connectivity index (χ0v) is 24.0. The van der Waals surface area contributed by atoms with E-state index < -0.39 is 5.97 Å². The van der Waals surface area contributed by atoms with Gasteiger partial charge in [0.2, 0.25) is 0 Å². The van der Waals surface area contributed by atoms with Crippen molar-refractivity contribution < 1.29 is 18.7 Å². The minimum atomic E-state index is -0.485. The van der Waals surface area contributed by atoms with E-state index in [2.05, 4.69) is 18.9 Å². The summed E-state index contributed by atoms with van der Waals surface area (Å²) in [7, 11) is 2.96. The molecule has 0 saturated heterocycles. The second-order valence-corrected chi connectivity index (χ2v) is 10.2. The van der Waals surface area contributed by atoms with Gasteiger partial charge in [-0.05, 0) is 78.6 Å². The summed E-state index contributed by atoms with van der Waals surface area (Å²) in [6.45, 7) is 6.11. The molecule has 2 heterocycles. The van der Waals surface area contributed by atoms with Gasteiger partial charge in [0.1, 0.15) is 17.3 Å². The molecule has 0 fully saturated rings. The number of methoxy groups -OCH3 is 2. The van der Waals surface area contributed by atoms with Crippen molar-refractivity contribution in [3.8, 4) is 28.5 Å². The topological polar surface area (TPSA) is 95.9 Å². The Morgan fingerprint density at radius 2 is 1.83 bits per heavy atom. The number of carbonyl (C=O) groups excluding carboxylic acids is 1. The number of para-hydroxylation sites is 1. The molecule has 0 radical (unpaired) electrons. The normalized spacial score (nSPS) is 11.5. The summed E-state index contributed by atoms with van der Waals surface area (Å²) in [5.41, 5.74) is 3.76. The average molecular weight is 570 g/mol. The molecule has 8 nitrogen and oxygen atoms in total. The maximum Gasteiger partial charge on any atom is 0.337 e. The Kier molecular flexibility index (Phi) is 7.77. The van der Waals surface area contributed by atoms with E-state index in [0.717, 1.165) is 22.4 Å². The zero-order chi connectivity index (χ0) is 29.3. The van der Waals surface area contributed by atoms with Gasteiger partial charge in [0, 0.05) is 11.1 Å². The molecule has 0 saturated carbocycles. The molecule has 0 spiro atoms. The van der Waals surface area contributed by atoms with Crippen LogP contribution in [0.15, 0.2) is 81.0 Å². The predicted octanol–water partition coefficient (Wildman–Crippen LogP) is 7.09. The molecule has 5 aromatic rings. The highest BCUT2D eigenvalue weighted by atomic mass is 35.5. The minimum Gasteiger partial charge on any atom is -0.496 e. The molecule has 0 amide bonds. The summed E-state index contributed by atoms with van der Waals surface area (Å²) in [6.07, 6.45) is 1.45. The van der Waals surface area contributed by atoms with Crippen molar-refractivity contribution in [3.05, 3.63) is 105 Å². The quantitative estimate of drug-likeness (QED) is 0.153. The third-order valence-electron chi connectivity index (χ3n) is 6.77. The van der Waals surface area contributed by atoms with E-state index in [4.69, 9.17) is 30.5 Å². The van der Waals surface area contributed by atoms with Crippen molar-refractivity contribution in [2.45, 2.75) is 26.7 Å². The van der Waals surface area contributed by atoms with Crippen molar-refractivity contribution in [2.75, 3.05) is 14.2 Å². The van der Waals surface area contributed by atoms with E-state index in [9.17, 15) is 9.59 Å². The van der Waals surface area contributed by atoms with Crippen LogP contribution in [0.5, 0.6) is 5.75 Å². The van der Waals surface area contributed by atoms with Gasteiger partial charge in [0.15, 0.2) is 5.82 Å². The third kappa shape index (κ3) is 5.38. The molecule has 0 unspecified atom stereocenters. The fourth-order valence-electron chi connectivity index (χ4n) is 4.61. The predicted molar refractivity (Wildman–Crippen MR) is 160 cm³/mol. The number of furan rings is 1. The van der Waals surface area contributed by atoms with E-state index in [1.54, 1.807) is 49.6 Å². The number of carbonyl (C=O) groups is 1. The van der Waals surface area contributed by atoms with Gasteiger partial charge in [-0.25, -0.2) is 9.78 Å².